The zero-order chi connectivity index (χ0) is 16.6. The average molecular weight is 346 g/mol. The van der Waals surface area contributed by atoms with Gasteiger partial charge < -0.3 is 14.0 Å². The molecule has 2 rings (SSSR count). The molecule has 2 aromatic rings. The molecule has 1 aromatic carbocycles. The van der Waals surface area contributed by atoms with Crippen LogP contribution in [0.5, 0.6) is 5.75 Å². The fourth-order valence-electron chi connectivity index (χ4n) is 1.93. The Kier molecular flexibility index (Phi) is 4.55. The van der Waals surface area contributed by atoms with E-state index in [-0.39, 0.29) is 31.4 Å². The van der Waals surface area contributed by atoms with Crippen molar-refractivity contribution in [3.63, 3.8) is 0 Å². The maximum absolute atomic E-state index is 12.4. The first-order chi connectivity index (χ1) is 10.3. The van der Waals surface area contributed by atoms with E-state index < -0.39 is 27.7 Å². The standard InChI is InChI=1S/C13H12ClNO6S/c1-6(2)21-13(16)12-11(14)7-4-9(20-3)8(15(17)18)5-10(7)22(12)19/h4-6H,1-3H3. The Balaban J connectivity index is 2.72. The third kappa shape index (κ3) is 2.72. The van der Waals surface area contributed by atoms with E-state index in [1.165, 1.54) is 13.2 Å². The second-order valence-electron chi connectivity index (χ2n) is 4.64. The Morgan fingerprint density at radius 3 is 2.55 bits per heavy atom. The lowest BCUT2D eigenvalue weighted by molar-refractivity contribution is -0.385. The second-order valence-corrected chi connectivity index (χ2v) is 6.41. The molecule has 22 heavy (non-hydrogen) atoms. The molecule has 0 fully saturated rings. The number of thiophene rings is 1. The average Bonchev–Trinajstić information content (AvgIpc) is 2.68. The molecule has 0 bridgehead atoms. The first-order valence-electron chi connectivity index (χ1n) is 6.17. The highest BCUT2D eigenvalue weighted by atomic mass is 35.5. The molecular weight excluding hydrogens is 334 g/mol. The number of fused-ring (bicyclic) bond motifs is 1. The van der Waals surface area contributed by atoms with Gasteiger partial charge in [-0.1, -0.05) is 11.6 Å². The lowest BCUT2D eigenvalue weighted by Crippen LogP contribution is -2.11. The molecular formula is C13H12ClNO6S. The van der Waals surface area contributed by atoms with Crippen LogP contribution in [-0.2, 0) is 4.74 Å². The minimum Gasteiger partial charge on any atom is -0.590 e. The zero-order valence-electron chi connectivity index (χ0n) is 11.9. The highest BCUT2D eigenvalue weighted by molar-refractivity contribution is 7.33. The molecule has 1 unspecified atom stereocenters. The van der Waals surface area contributed by atoms with Gasteiger partial charge in [-0.2, -0.15) is 0 Å². The Morgan fingerprint density at radius 1 is 1.41 bits per heavy atom. The molecule has 1 aromatic heterocycles. The Hall–Kier alpha value is -1.90. The van der Waals surface area contributed by atoms with Crippen molar-refractivity contribution in [2.45, 2.75) is 20.0 Å². The van der Waals surface area contributed by atoms with Crippen molar-refractivity contribution in [3.05, 3.63) is 32.1 Å². The molecule has 0 aliphatic carbocycles. The van der Waals surface area contributed by atoms with Crippen molar-refractivity contribution in [1.82, 2.24) is 0 Å². The van der Waals surface area contributed by atoms with Crippen LogP contribution < -0.4 is 4.74 Å². The molecule has 1 atom stereocenters. The quantitative estimate of drug-likeness (QED) is 0.362. The number of hydrogen-bond donors (Lipinski definition) is 0. The SMILES string of the molecule is COc1cc2c(Cl)c(C(=O)OC(C)C)[s+]([O-])c2cc1[N+](=O)[O-]. The summed E-state index contributed by atoms with van der Waals surface area (Å²) >= 11 is 6.10. The molecule has 1 heterocycles. The predicted octanol–water partition coefficient (Wildman–Crippen LogP) is 3.70. The van der Waals surface area contributed by atoms with Crippen LogP contribution in [-0.4, -0.2) is 28.7 Å². The van der Waals surface area contributed by atoms with E-state index in [1.807, 2.05) is 0 Å². The summed E-state index contributed by atoms with van der Waals surface area (Å²) in [7, 11) is -0.666. The third-order valence-corrected chi connectivity index (χ3v) is 4.81. The molecule has 0 radical (unpaired) electrons. The number of esters is 1. The Morgan fingerprint density at radius 2 is 2.05 bits per heavy atom. The summed E-state index contributed by atoms with van der Waals surface area (Å²) in [4.78, 5) is 22.1. The van der Waals surface area contributed by atoms with E-state index in [1.54, 1.807) is 13.8 Å². The first-order valence-corrected chi connectivity index (χ1v) is 7.70. The normalized spacial score (nSPS) is 11.8. The number of nitrogens with zero attached hydrogens (tertiary/aromatic N) is 1. The van der Waals surface area contributed by atoms with Gasteiger partial charge in [-0.25, -0.2) is 4.79 Å². The van der Waals surface area contributed by atoms with Gasteiger partial charge in [0.05, 0.1) is 29.6 Å². The number of nitro benzene ring substituents is 1. The lowest BCUT2D eigenvalue weighted by atomic mass is 10.2. The van der Waals surface area contributed by atoms with Crippen LogP contribution in [0.25, 0.3) is 10.1 Å². The summed E-state index contributed by atoms with van der Waals surface area (Å²) in [5.74, 6) is -0.839. The van der Waals surface area contributed by atoms with Crippen molar-refractivity contribution in [1.29, 1.82) is 0 Å². The second kappa shape index (κ2) is 6.07. The molecule has 0 saturated carbocycles. The van der Waals surface area contributed by atoms with Gasteiger partial charge in [0.15, 0.2) is 10.4 Å². The Labute approximate surface area is 133 Å². The highest BCUT2D eigenvalue weighted by Crippen LogP contribution is 2.46. The van der Waals surface area contributed by atoms with Gasteiger partial charge in [0.2, 0.25) is 0 Å². The number of nitro groups is 1. The number of carbonyl (C=O) groups is 1. The minimum atomic E-state index is -1.94. The number of carbonyl (C=O) groups excluding carboxylic acids is 1. The van der Waals surface area contributed by atoms with Gasteiger partial charge in [-0.3, -0.25) is 10.1 Å². The molecule has 9 heteroatoms. The monoisotopic (exact) mass is 345 g/mol. The first kappa shape index (κ1) is 16.5. The molecule has 0 N–H and O–H groups in total. The van der Waals surface area contributed by atoms with Crippen molar-refractivity contribution in [2.24, 2.45) is 0 Å². The van der Waals surface area contributed by atoms with Crippen molar-refractivity contribution < 1.29 is 23.7 Å². The summed E-state index contributed by atoms with van der Waals surface area (Å²) in [6.07, 6.45) is -0.408. The summed E-state index contributed by atoms with van der Waals surface area (Å²) in [6, 6.07) is 2.39. The van der Waals surface area contributed by atoms with Crippen LogP contribution in [0.15, 0.2) is 12.1 Å². The number of benzene rings is 1. The van der Waals surface area contributed by atoms with Crippen LogP contribution in [0.2, 0.25) is 5.02 Å². The summed E-state index contributed by atoms with van der Waals surface area (Å²) in [5, 5.41) is 11.2. The van der Waals surface area contributed by atoms with E-state index in [0.717, 1.165) is 6.07 Å². The van der Waals surface area contributed by atoms with Crippen LogP contribution in [0.4, 0.5) is 5.69 Å². The lowest BCUT2D eigenvalue weighted by Gasteiger charge is -2.05. The summed E-state index contributed by atoms with van der Waals surface area (Å²) < 4.78 is 22.4. The molecule has 0 spiro atoms. The number of ether oxygens (including phenoxy) is 2. The van der Waals surface area contributed by atoms with Gasteiger partial charge in [0.25, 0.3) is 4.88 Å². The van der Waals surface area contributed by atoms with Crippen molar-refractivity contribution in [2.75, 3.05) is 7.11 Å². The van der Waals surface area contributed by atoms with Gasteiger partial charge >= 0.3 is 11.7 Å². The largest absolute Gasteiger partial charge is 0.590 e. The van der Waals surface area contributed by atoms with Crippen LogP contribution in [0.1, 0.15) is 23.5 Å². The van der Waals surface area contributed by atoms with Crippen LogP contribution >= 0.6 is 22.4 Å². The van der Waals surface area contributed by atoms with Gasteiger partial charge in [0.1, 0.15) is 5.02 Å². The van der Waals surface area contributed by atoms with Crippen LogP contribution in [0.3, 0.4) is 0 Å². The molecule has 0 saturated heterocycles. The van der Waals surface area contributed by atoms with E-state index >= 15 is 0 Å². The molecule has 7 nitrogen and oxygen atoms in total. The number of halogens is 1. The smallest absolute Gasteiger partial charge is 0.393 e. The number of rotatable bonds is 4. The van der Waals surface area contributed by atoms with E-state index in [2.05, 4.69) is 0 Å². The predicted molar refractivity (Wildman–Crippen MR) is 81.4 cm³/mol. The summed E-state index contributed by atoms with van der Waals surface area (Å²) in [6.45, 7) is 3.29. The molecule has 0 amide bonds. The van der Waals surface area contributed by atoms with Crippen LogP contribution in [0, 0.1) is 10.1 Å². The fourth-order valence-corrected chi connectivity index (χ4v) is 3.70. The zero-order valence-corrected chi connectivity index (χ0v) is 13.5. The number of methoxy groups -OCH3 is 1. The van der Waals surface area contributed by atoms with E-state index in [0.29, 0.717) is 0 Å². The van der Waals surface area contributed by atoms with Gasteiger partial charge in [0, 0.05) is 6.07 Å². The van der Waals surface area contributed by atoms with Crippen molar-refractivity contribution >= 4 is 44.1 Å². The minimum absolute atomic E-state index is 0.0302. The highest BCUT2D eigenvalue weighted by Gasteiger charge is 2.32. The maximum Gasteiger partial charge on any atom is 0.393 e. The number of hydrogen-bond acceptors (Lipinski definition) is 6. The molecule has 118 valence electrons. The van der Waals surface area contributed by atoms with E-state index in [9.17, 15) is 19.5 Å². The molecule has 0 aliphatic rings. The fraction of sp³-hybridized carbons (Fsp3) is 0.308. The third-order valence-electron chi connectivity index (χ3n) is 2.83. The molecule has 0 aliphatic heterocycles. The maximum atomic E-state index is 12.4. The topological polar surface area (TPSA) is 102 Å². The van der Waals surface area contributed by atoms with Gasteiger partial charge in [-0.15, -0.1) is 0 Å². The van der Waals surface area contributed by atoms with Crippen molar-refractivity contribution in [3.8, 4) is 5.75 Å². The Bertz CT molecular complexity index is 770. The van der Waals surface area contributed by atoms with E-state index in [4.69, 9.17) is 21.1 Å². The summed E-state index contributed by atoms with van der Waals surface area (Å²) in [5.41, 5.74) is -0.349. The van der Waals surface area contributed by atoms with Gasteiger partial charge in [-0.05, 0) is 24.6 Å².